The van der Waals surface area contributed by atoms with E-state index in [2.05, 4.69) is 6.92 Å². The van der Waals surface area contributed by atoms with Gasteiger partial charge in [-0.05, 0) is 13.3 Å². The maximum absolute atomic E-state index is 11.0. The molecule has 0 aliphatic carbocycles. The Balaban J connectivity index is 3.18. The predicted molar refractivity (Wildman–Crippen MR) is 56.1 cm³/mol. The van der Waals surface area contributed by atoms with Gasteiger partial charge in [-0.2, -0.15) is 0 Å². The first-order valence-corrected chi connectivity index (χ1v) is 5.15. The molecule has 0 radical (unpaired) electrons. The number of ether oxygens (including phenoxy) is 2. The highest BCUT2D eigenvalue weighted by molar-refractivity contribution is 5.70. The van der Waals surface area contributed by atoms with Crippen LogP contribution in [0.15, 0.2) is 12.2 Å². The van der Waals surface area contributed by atoms with Crippen molar-refractivity contribution in [3.8, 4) is 0 Å². The van der Waals surface area contributed by atoms with Crippen molar-refractivity contribution in [2.24, 2.45) is 0 Å². The Hall–Kier alpha value is -0.830. The van der Waals surface area contributed by atoms with Crippen LogP contribution in [0, 0.1) is 0 Å². The Kier molecular flexibility index (Phi) is 9.64. The van der Waals surface area contributed by atoms with Crippen molar-refractivity contribution < 1.29 is 14.3 Å². The Labute approximate surface area is 86.1 Å². The van der Waals surface area contributed by atoms with Gasteiger partial charge in [-0.1, -0.05) is 31.9 Å². The molecule has 0 bridgehead atoms. The predicted octanol–water partition coefficient (Wildman–Crippen LogP) is 2.31. The fraction of sp³-hybridized carbons (Fsp3) is 0.727. The molecule has 0 unspecified atom stereocenters. The van der Waals surface area contributed by atoms with Gasteiger partial charge in [0.1, 0.15) is 13.2 Å². The minimum absolute atomic E-state index is 0.0707. The second kappa shape index (κ2) is 10.3. The van der Waals surface area contributed by atoms with Crippen molar-refractivity contribution in [2.45, 2.75) is 33.1 Å². The summed E-state index contributed by atoms with van der Waals surface area (Å²) in [6.07, 6.45) is 6.95. The van der Waals surface area contributed by atoms with E-state index in [4.69, 9.17) is 9.47 Å². The third-order valence-corrected chi connectivity index (χ3v) is 1.69. The number of rotatable bonds is 8. The zero-order chi connectivity index (χ0) is 10.6. The van der Waals surface area contributed by atoms with Crippen LogP contribution in [0.3, 0.4) is 0 Å². The molecule has 0 spiro atoms. The van der Waals surface area contributed by atoms with Crippen molar-refractivity contribution in [2.75, 3.05) is 19.8 Å². The summed E-state index contributed by atoms with van der Waals surface area (Å²) in [4.78, 5) is 11.0. The first kappa shape index (κ1) is 13.2. The number of allylic oxidation sites excluding steroid dienone is 1. The molecular formula is C11H20O3. The summed E-state index contributed by atoms with van der Waals surface area (Å²) in [5.41, 5.74) is 0. The standard InChI is InChI=1S/C11H20O3/c1-3-5-7-8-13-10-11(12)14-9-6-4-2/h4,6H,3,5,7-10H2,1-2H3/b6-4+. The van der Waals surface area contributed by atoms with Gasteiger partial charge in [-0.3, -0.25) is 0 Å². The first-order chi connectivity index (χ1) is 6.81. The minimum atomic E-state index is -0.292. The van der Waals surface area contributed by atoms with Crippen LogP contribution < -0.4 is 0 Å². The van der Waals surface area contributed by atoms with Gasteiger partial charge in [0.15, 0.2) is 0 Å². The van der Waals surface area contributed by atoms with E-state index in [1.54, 1.807) is 6.08 Å². The lowest BCUT2D eigenvalue weighted by molar-refractivity contribution is -0.147. The number of unbranched alkanes of at least 4 members (excludes halogenated alkanes) is 2. The first-order valence-electron chi connectivity index (χ1n) is 5.15. The molecule has 3 heteroatoms. The summed E-state index contributed by atoms with van der Waals surface area (Å²) in [5.74, 6) is -0.292. The van der Waals surface area contributed by atoms with Gasteiger partial charge < -0.3 is 9.47 Å². The van der Waals surface area contributed by atoms with Gasteiger partial charge in [0.2, 0.25) is 0 Å². The Bertz CT molecular complexity index is 164. The van der Waals surface area contributed by atoms with E-state index in [1.807, 2.05) is 13.0 Å². The number of carbonyl (C=O) groups excluding carboxylic acids is 1. The zero-order valence-corrected chi connectivity index (χ0v) is 9.12. The fourth-order valence-electron chi connectivity index (χ4n) is 0.889. The quantitative estimate of drug-likeness (QED) is 0.342. The largest absolute Gasteiger partial charge is 0.460 e. The van der Waals surface area contributed by atoms with Crippen LogP contribution in [0.5, 0.6) is 0 Å². The maximum Gasteiger partial charge on any atom is 0.332 e. The smallest absolute Gasteiger partial charge is 0.332 e. The molecule has 0 rings (SSSR count). The highest BCUT2D eigenvalue weighted by Crippen LogP contribution is 1.94. The average Bonchev–Trinajstić information content (AvgIpc) is 2.18. The van der Waals surface area contributed by atoms with E-state index in [1.165, 1.54) is 0 Å². The van der Waals surface area contributed by atoms with E-state index in [9.17, 15) is 4.79 Å². The zero-order valence-electron chi connectivity index (χ0n) is 9.12. The van der Waals surface area contributed by atoms with Gasteiger partial charge >= 0.3 is 5.97 Å². The van der Waals surface area contributed by atoms with Crippen molar-refractivity contribution in [3.63, 3.8) is 0 Å². The molecule has 0 N–H and O–H groups in total. The lowest BCUT2D eigenvalue weighted by Gasteiger charge is -2.03. The Morgan fingerprint density at radius 1 is 1.36 bits per heavy atom. The molecule has 82 valence electrons. The van der Waals surface area contributed by atoms with Crippen LogP contribution in [0.2, 0.25) is 0 Å². The molecule has 0 fully saturated rings. The molecule has 0 atom stereocenters. The van der Waals surface area contributed by atoms with Crippen LogP contribution in [-0.2, 0) is 14.3 Å². The van der Waals surface area contributed by atoms with Crippen LogP contribution in [0.1, 0.15) is 33.1 Å². The molecule has 0 saturated carbocycles. The molecule has 0 aromatic carbocycles. The number of hydrogen-bond donors (Lipinski definition) is 0. The molecule has 3 nitrogen and oxygen atoms in total. The molecular weight excluding hydrogens is 180 g/mol. The second-order valence-corrected chi connectivity index (χ2v) is 3.01. The van der Waals surface area contributed by atoms with E-state index in [-0.39, 0.29) is 12.6 Å². The molecule has 0 amide bonds. The molecule has 0 heterocycles. The number of carbonyl (C=O) groups is 1. The molecule has 0 saturated heterocycles. The third-order valence-electron chi connectivity index (χ3n) is 1.69. The Morgan fingerprint density at radius 3 is 2.79 bits per heavy atom. The van der Waals surface area contributed by atoms with Crippen LogP contribution in [-0.4, -0.2) is 25.8 Å². The minimum Gasteiger partial charge on any atom is -0.460 e. The van der Waals surface area contributed by atoms with Crippen molar-refractivity contribution in [3.05, 3.63) is 12.2 Å². The summed E-state index contributed by atoms with van der Waals surface area (Å²) >= 11 is 0. The van der Waals surface area contributed by atoms with E-state index in [0.717, 1.165) is 19.3 Å². The molecule has 0 aliphatic heterocycles. The lowest BCUT2D eigenvalue weighted by Crippen LogP contribution is -2.13. The van der Waals surface area contributed by atoms with Crippen LogP contribution in [0.4, 0.5) is 0 Å². The van der Waals surface area contributed by atoms with Gasteiger partial charge in [0, 0.05) is 6.61 Å². The number of hydrogen-bond acceptors (Lipinski definition) is 3. The highest BCUT2D eigenvalue weighted by Gasteiger charge is 2.00. The van der Waals surface area contributed by atoms with Gasteiger partial charge in [-0.25, -0.2) is 4.79 Å². The summed E-state index contributed by atoms with van der Waals surface area (Å²) in [6.45, 7) is 5.07. The van der Waals surface area contributed by atoms with E-state index >= 15 is 0 Å². The summed E-state index contributed by atoms with van der Waals surface area (Å²) in [7, 11) is 0. The third kappa shape index (κ3) is 9.26. The molecule has 0 aromatic rings. The maximum atomic E-state index is 11.0. The Morgan fingerprint density at radius 2 is 2.14 bits per heavy atom. The summed E-state index contributed by atoms with van der Waals surface area (Å²) in [6, 6.07) is 0. The second-order valence-electron chi connectivity index (χ2n) is 3.01. The average molecular weight is 200 g/mol. The normalized spacial score (nSPS) is 10.7. The SMILES string of the molecule is C/C=C/COC(=O)COCCCCC. The molecule has 0 aliphatic rings. The van der Waals surface area contributed by atoms with Crippen LogP contribution in [0.25, 0.3) is 0 Å². The van der Waals surface area contributed by atoms with E-state index in [0.29, 0.717) is 13.2 Å². The van der Waals surface area contributed by atoms with E-state index < -0.39 is 0 Å². The van der Waals surface area contributed by atoms with Gasteiger partial charge in [0.05, 0.1) is 0 Å². The topological polar surface area (TPSA) is 35.5 Å². The highest BCUT2D eigenvalue weighted by atomic mass is 16.6. The fourth-order valence-corrected chi connectivity index (χ4v) is 0.889. The monoisotopic (exact) mass is 200 g/mol. The van der Waals surface area contributed by atoms with Crippen molar-refractivity contribution >= 4 is 5.97 Å². The van der Waals surface area contributed by atoms with Gasteiger partial charge in [0.25, 0.3) is 0 Å². The van der Waals surface area contributed by atoms with Crippen molar-refractivity contribution in [1.82, 2.24) is 0 Å². The number of esters is 1. The van der Waals surface area contributed by atoms with Crippen molar-refractivity contribution in [1.29, 1.82) is 0 Å². The summed E-state index contributed by atoms with van der Waals surface area (Å²) in [5, 5.41) is 0. The molecule has 0 aromatic heterocycles. The van der Waals surface area contributed by atoms with Gasteiger partial charge in [-0.15, -0.1) is 0 Å². The molecule has 14 heavy (non-hydrogen) atoms. The van der Waals surface area contributed by atoms with Crippen LogP contribution >= 0.6 is 0 Å². The summed E-state index contributed by atoms with van der Waals surface area (Å²) < 4.78 is 9.97. The lowest BCUT2D eigenvalue weighted by atomic mass is 10.3.